The summed E-state index contributed by atoms with van der Waals surface area (Å²) in [6.45, 7) is 8.37. The smallest absolute Gasteiger partial charge is 0.225 e. The highest BCUT2D eigenvalue weighted by Gasteiger charge is 2.28. The van der Waals surface area contributed by atoms with Gasteiger partial charge in [-0.3, -0.25) is 9.69 Å². The highest BCUT2D eigenvalue weighted by Crippen LogP contribution is 2.23. The average molecular weight is 412 g/mol. The number of fused-ring (bicyclic) bond motifs is 1. The highest BCUT2D eigenvalue weighted by molar-refractivity contribution is 7.09. The van der Waals surface area contributed by atoms with Crippen molar-refractivity contribution in [2.24, 2.45) is 5.92 Å². The highest BCUT2D eigenvalue weighted by atomic mass is 32.1. The first-order chi connectivity index (χ1) is 14.0. The number of aryl methyl sites for hydroxylation is 2. The lowest BCUT2D eigenvalue weighted by atomic mass is 9.95. The molecule has 6 nitrogen and oxygen atoms in total. The molecule has 29 heavy (non-hydrogen) atoms. The summed E-state index contributed by atoms with van der Waals surface area (Å²) in [4.78, 5) is 26.6. The summed E-state index contributed by atoms with van der Waals surface area (Å²) in [5.41, 5.74) is 3.28. The SMILES string of the molecule is CCn1c(CN(C)C(=O)C2CCN(Cc3csc(C)n3)CC2)nc2ccccc21. The van der Waals surface area contributed by atoms with Crippen LogP contribution < -0.4 is 0 Å². The van der Waals surface area contributed by atoms with E-state index in [0.29, 0.717) is 6.54 Å². The van der Waals surface area contributed by atoms with Crippen LogP contribution in [-0.4, -0.2) is 50.4 Å². The Balaban J connectivity index is 1.35. The zero-order valence-corrected chi connectivity index (χ0v) is 18.3. The molecule has 0 radical (unpaired) electrons. The number of carbonyl (C=O) groups excluding carboxylic acids is 1. The van der Waals surface area contributed by atoms with Crippen molar-refractivity contribution < 1.29 is 4.79 Å². The number of aromatic nitrogens is 3. The molecule has 1 aliphatic rings. The topological polar surface area (TPSA) is 54.3 Å². The fraction of sp³-hybridized carbons (Fsp3) is 0.500. The largest absolute Gasteiger partial charge is 0.338 e. The van der Waals surface area contributed by atoms with E-state index in [4.69, 9.17) is 4.98 Å². The van der Waals surface area contributed by atoms with Crippen molar-refractivity contribution in [2.45, 2.75) is 46.3 Å². The molecule has 1 fully saturated rings. The van der Waals surface area contributed by atoms with E-state index in [1.807, 2.05) is 37.1 Å². The van der Waals surface area contributed by atoms with Crippen LogP contribution in [0.15, 0.2) is 29.6 Å². The van der Waals surface area contributed by atoms with Crippen LogP contribution in [0.25, 0.3) is 11.0 Å². The molecule has 1 aromatic carbocycles. The van der Waals surface area contributed by atoms with Gasteiger partial charge in [-0.1, -0.05) is 12.1 Å². The van der Waals surface area contributed by atoms with Crippen LogP contribution in [0.2, 0.25) is 0 Å². The van der Waals surface area contributed by atoms with Gasteiger partial charge in [0.25, 0.3) is 0 Å². The molecule has 0 spiro atoms. The van der Waals surface area contributed by atoms with Gasteiger partial charge in [-0.25, -0.2) is 9.97 Å². The lowest BCUT2D eigenvalue weighted by Crippen LogP contribution is -2.41. The molecule has 0 N–H and O–H groups in total. The summed E-state index contributed by atoms with van der Waals surface area (Å²) >= 11 is 1.70. The second-order valence-electron chi connectivity index (χ2n) is 7.86. The van der Waals surface area contributed by atoms with Gasteiger partial charge in [0.2, 0.25) is 5.91 Å². The number of hydrogen-bond donors (Lipinski definition) is 0. The third-order valence-corrected chi connectivity index (χ3v) is 6.62. The summed E-state index contributed by atoms with van der Waals surface area (Å²) in [5, 5.41) is 3.25. The number of likely N-dealkylation sites (tertiary alicyclic amines) is 1. The first kappa shape index (κ1) is 20.0. The predicted molar refractivity (Wildman–Crippen MR) is 117 cm³/mol. The average Bonchev–Trinajstić information content (AvgIpc) is 3.30. The Morgan fingerprint density at radius 3 is 2.69 bits per heavy atom. The summed E-state index contributed by atoms with van der Waals surface area (Å²) in [6.07, 6.45) is 1.83. The van der Waals surface area contributed by atoms with Gasteiger partial charge in [0.05, 0.1) is 28.3 Å². The third-order valence-electron chi connectivity index (χ3n) is 5.79. The molecule has 2 aromatic heterocycles. The third kappa shape index (κ3) is 4.36. The number of carbonyl (C=O) groups is 1. The molecule has 0 saturated carbocycles. The number of piperidine rings is 1. The van der Waals surface area contributed by atoms with Crippen molar-refractivity contribution in [3.8, 4) is 0 Å². The van der Waals surface area contributed by atoms with Crippen molar-refractivity contribution in [3.05, 3.63) is 46.2 Å². The summed E-state index contributed by atoms with van der Waals surface area (Å²) in [7, 11) is 1.91. The Hall–Kier alpha value is -2.25. The standard InChI is InChI=1S/C22H29N5OS/c1-4-27-20-8-6-5-7-19(20)24-21(27)14-25(3)22(28)17-9-11-26(12-10-17)13-18-15-29-16(2)23-18/h5-8,15,17H,4,9-14H2,1-3H3. The van der Waals surface area contributed by atoms with E-state index in [0.717, 1.165) is 66.6 Å². The summed E-state index contributed by atoms with van der Waals surface area (Å²) in [5.74, 6) is 1.30. The number of amides is 1. The van der Waals surface area contributed by atoms with E-state index >= 15 is 0 Å². The molecule has 3 heterocycles. The quantitative estimate of drug-likeness (QED) is 0.621. The Labute approximate surface area is 176 Å². The molecular formula is C22H29N5OS. The lowest BCUT2D eigenvalue weighted by molar-refractivity contribution is -0.136. The Kier molecular flexibility index (Phi) is 5.96. The van der Waals surface area contributed by atoms with Crippen molar-refractivity contribution in [1.29, 1.82) is 0 Å². The fourth-order valence-electron chi connectivity index (χ4n) is 4.25. The molecule has 1 amide bonds. The van der Waals surface area contributed by atoms with Crippen molar-refractivity contribution in [1.82, 2.24) is 24.3 Å². The Morgan fingerprint density at radius 2 is 2.00 bits per heavy atom. The van der Waals surface area contributed by atoms with E-state index in [2.05, 4.69) is 32.8 Å². The number of rotatable bonds is 6. The van der Waals surface area contributed by atoms with Gasteiger partial charge in [-0.2, -0.15) is 0 Å². The van der Waals surface area contributed by atoms with E-state index in [1.165, 1.54) is 0 Å². The van der Waals surface area contributed by atoms with Gasteiger partial charge in [-0.15, -0.1) is 11.3 Å². The van der Waals surface area contributed by atoms with Gasteiger partial charge in [0.15, 0.2) is 0 Å². The Morgan fingerprint density at radius 1 is 1.24 bits per heavy atom. The lowest BCUT2D eigenvalue weighted by Gasteiger charge is -2.32. The van der Waals surface area contributed by atoms with Crippen LogP contribution in [0.5, 0.6) is 0 Å². The van der Waals surface area contributed by atoms with E-state index in [9.17, 15) is 4.79 Å². The molecule has 154 valence electrons. The van der Waals surface area contributed by atoms with Crippen LogP contribution in [0.1, 0.15) is 36.3 Å². The van der Waals surface area contributed by atoms with E-state index in [-0.39, 0.29) is 11.8 Å². The molecule has 0 aliphatic carbocycles. The molecule has 7 heteroatoms. The van der Waals surface area contributed by atoms with Crippen LogP contribution in [0.4, 0.5) is 0 Å². The maximum absolute atomic E-state index is 13.0. The predicted octanol–water partition coefficient (Wildman–Crippen LogP) is 3.69. The molecule has 1 saturated heterocycles. The van der Waals surface area contributed by atoms with E-state index in [1.54, 1.807) is 11.3 Å². The van der Waals surface area contributed by atoms with Crippen LogP contribution in [0.3, 0.4) is 0 Å². The van der Waals surface area contributed by atoms with Crippen LogP contribution >= 0.6 is 11.3 Å². The molecule has 3 aromatic rings. The second kappa shape index (κ2) is 8.63. The monoisotopic (exact) mass is 411 g/mol. The second-order valence-corrected chi connectivity index (χ2v) is 8.93. The maximum Gasteiger partial charge on any atom is 0.225 e. The van der Waals surface area contributed by atoms with E-state index < -0.39 is 0 Å². The number of thiazole rings is 1. The zero-order valence-electron chi connectivity index (χ0n) is 17.5. The van der Waals surface area contributed by atoms with Gasteiger partial charge < -0.3 is 9.47 Å². The van der Waals surface area contributed by atoms with Gasteiger partial charge in [0, 0.05) is 31.4 Å². The van der Waals surface area contributed by atoms with Crippen LogP contribution in [-0.2, 0) is 24.4 Å². The molecule has 4 rings (SSSR count). The molecule has 1 aliphatic heterocycles. The summed E-state index contributed by atoms with van der Waals surface area (Å²) in [6, 6.07) is 8.17. The number of imidazole rings is 1. The molecule has 0 atom stereocenters. The minimum atomic E-state index is 0.105. The van der Waals surface area contributed by atoms with Gasteiger partial charge >= 0.3 is 0 Å². The van der Waals surface area contributed by atoms with Crippen LogP contribution in [0, 0.1) is 12.8 Å². The first-order valence-corrected chi connectivity index (χ1v) is 11.3. The number of para-hydroxylation sites is 2. The van der Waals surface area contributed by atoms with Crippen molar-refractivity contribution in [2.75, 3.05) is 20.1 Å². The normalized spacial score (nSPS) is 15.8. The van der Waals surface area contributed by atoms with Gasteiger partial charge in [0.1, 0.15) is 5.82 Å². The minimum absolute atomic E-state index is 0.105. The van der Waals surface area contributed by atoms with Crippen molar-refractivity contribution in [3.63, 3.8) is 0 Å². The fourth-order valence-corrected chi connectivity index (χ4v) is 4.85. The van der Waals surface area contributed by atoms with Gasteiger partial charge in [-0.05, 0) is 51.9 Å². The number of nitrogens with zero attached hydrogens (tertiary/aromatic N) is 5. The number of hydrogen-bond acceptors (Lipinski definition) is 5. The molecular weight excluding hydrogens is 382 g/mol. The number of benzene rings is 1. The molecule has 0 unspecified atom stereocenters. The maximum atomic E-state index is 13.0. The van der Waals surface area contributed by atoms with Crippen molar-refractivity contribution >= 4 is 28.3 Å². The first-order valence-electron chi connectivity index (χ1n) is 10.4. The Bertz CT molecular complexity index is 986. The zero-order chi connectivity index (χ0) is 20.4. The molecule has 0 bridgehead atoms. The minimum Gasteiger partial charge on any atom is -0.338 e. The summed E-state index contributed by atoms with van der Waals surface area (Å²) < 4.78 is 2.21.